The summed E-state index contributed by atoms with van der Waals surface area (Å²) >= 11 is 0. The van der Waals surface area contributed by atoms with E-state index in [-0.39, 0.29) is 12.4 Å². The molecule has 0 aliphatic heterocycles. The summed E-state index contributed by atoms with van der Waals surface area (Å²) in [4.78, 5) is 22.7. The van der Waals surface area contributed by atoms with Gasteiger partial charge in [0.25, 0.3) is 0 Å². The van der Waals surface area contributed by atoms with Crippen LogP contribution in [0, 0.1) is 6.92 Å². The lowest BCUT2D eigenvalue weighted by atomic mass is 10.0. The number of rotatable bonds is 3. The zero-order valence-electron chi connectivity index (χ0n) is 9.10. The van der Waals surface area contributed by atoms with Crippen LogP contribution in [0.2, 0.25) is 0 Å². The summed E-state index contributed by atoms with van der Waals surface area (Å²) in [6.45, 7) is 1.86. The van der Waals surface area contributed by atoms with E-state index < -0.39 is 17.8 Å². The van der Waals surface area contributed by atoms with E-state index in [1.165, 1.54) is 7.11 Å². The number of hydrogen-bond acceptors (Lipinski definition) is 4. The van der Waals surface area contributed by atoms with Gasteiger partial charge in [0.05, 0.1) is 7.11 Å². The Morgan fingerprint density at radius 2 is 2.00 bits per heavy atom. The quantitative estimate of drug-likeness (QED) is 0.490. The molecule has 0 aromatic heterocycles. The van der Waals surface area contributed by atoms with Gasteiger partial charge in [-0.2, -0.15) is 0 Å². The van der Waals surface area contributed by atoms with Crippen LogP contribution in [0.15, 0.2) is 24.3 Å². The third-order valence-electron chi connectivity index (χ3n) is 2.04. The van der Waals surface area contributed by atoms with E-state index in [4.69, 9.17) is 5.73 Å². The fourth-order valence-electron chi connectivity index (χ4n) is 1.21. The molecule has 1 unspecified atom stereocenters. The van der Waals surface area contributed by atoms with Crippen molar-refractivity contribution >= 4 is 24.2 Å². The average molecular weight is 244 g/mol. The number of halogens is 1. The first kappa shape index (κ1) is 14.6. The van der Waals surface area contributed by atoms with Crippen LogP contribution in [0.5, 0.6) is 0 Å². The minimum Gasteiger partial charge on any atom is -0.468 e. The van der Waals surface area contributed by atoms with Gasteiger partial charge in [0.1, 0.15) is 0 Å². The largest absolute Gasteiger partial charge is 0.468 e. The minimum absolute atomic E-state index is 0. The highest BCUT2D eigenvalue weighted by molar-refractivity contribution is 6.11. The molecule has 88 valence electrons. The number of nitrogens with two attached hydrogens (primary N) is 1. The standard InChI is InChI=1S/C11H13NO3.ClH/c1-7-4-3-5-8(6-7)10(13)9(12)11(14)15-2;/h3-6,9H,12H2,1-2H3;1H. The van der Waals surface area contributed by atoms with Crippen LogP contribution >= 0.6 is 12.4 Å². The van der Waals surface area contributed by atoms with Gasteiger partial charge in [0.15, 0.2) is 11.8 Å². The predicted octanol–water partition coefficient (Wildman–Crippen LogP) is 1.10. The number of benzene rings is 1. The monoisotopic (exact) mass is 243 g/mol. The van der Waals surface area contributed by atoms with Crippen LogP contribution in [0.4, 0.5) is 0 Å². The Bertz CT molecular complexity index is 393. The number of hydrogen-bond donors (Lipinski definition) is 1. The number of ether oxygens (including phenoxy) is 1. The second kappa shape index (κ2) is 6.25. The van der Waals surface area contributed by atoms with E-state index >= 15 is 0 Å². The molecule has 1 aromatic rings. The van der Waals surface area contributed by atoms with Gasteiger partial charge in [0.2, 0.25) is 0 Å². The smallest absolute Gasteiger partial charge is 0.330 e. The molecule has 1 aromatic carbocycles. The second-order valence-electron chi connectivity index (χ2n) is 3.23. The molecule has 0 aliphatic rings. The Kier molecular flexibility index (Phi) is 5.71. The van der Waals surface area contributed by atoms with Crippen molar-refractivity contribution in [1.82, 2.24) is 0 Å². The molecule has 0 heterocycles. The van der Waals surface area contributed by atoms with Crippen LogP contribution in [0.1, 0.15) is 15.9 Å². The SMILES string of the molecule is COC(=O)C(N)C(=O)c1cccc(C)c1.Cl. The molecule has 0 saturated carbocycles. The number of carbonyl (C=O) groups is 2. The number of esters is 1. The van der Waals surface area contributed by atoms with E-state index in [9.17, 15) is 9.59 Å². The molecule has 4 nitrogen and oxygen atoms in total. The van der Waals surface area contributed by atoms with Crippen LogP contribution in [-0.2, 0) is 9.53 Å². The Morgan fingerprint density at radius 3 is 2.50 bits per heavy atom. The third kappa shape index (κ3) is 3.32. The molecule has 0 radical (unpaired) electrons. The fraction of sp³-hybridized carbons (Fsp3) is 0.273. The maximum Gasteiger partial charge on any atom is 0.330 e. The molecule has 5 heteroatoms. The molecular weight excluding hydrogens is 230 g/mol. The van der Waals surface area contributed by atoms with Crippen molar-refractivity contribution in [3.8, 4) is 0 Å². The Labute approximate surface area is 100 Å². The van der Waals surface area contributed by atoms with Gasteiger partial charge in [-0.3, -0.25) is 4.79 Å². The Morgan fingerprint density at radius 1 is 1.38 bits per heavy atom. The average Bonchev–Trinajstić information content (AvgIpc) is 2.26. The number of aryl methyl sites for hydroxylation is 1. The maximum atomic E-state index is 11.7. The molecule has 1 atom stereocenters. The first-order valence-electron chi connectivity index (χ1n) is 4.50. The molecule has 0 amide bonds. The lowest BCUT2D eigenvalue weighted by Crippen LogP contribution is -2.39. The molecule has 0 bridgehead atoms. The zero-order chi connectivity index (χ0) is 11.4. The fourth-order valence-corrected chi connectivity index (χ4v) is 1.21. The van der Waals surface area contributed by atoms with Gasteiger partial charge in [-0.25, -0.2) is 4.79 Å². The van der Waals surface area contributed by atoms with E-state index in [0.29, 0.717) is 5.56 Å². The molecule has 0 fully saturated rings. The summed E-state index contributed by atoms with van der Waals surface area (Å²) in [5, 5.41) is 0. The molecule has 16 heavy (non-hydrogen) atoms. The van der Waals surface area contributed by atoms with Crippen molar-refractivity contribution in [3.63, 3.8) is 0 Å². The van der Waals surface area contributed by atoms with Crippen molar-refractivity contribution in [1.29, 1.82) is 0 Å². The Balaban J connectivity index is 0.00000225. The summed E-state index contributed by atoms with van der Waals surface area (Å²) in [6, 6.07) is 5.67. The van der Waals surface area contributed by atoms with Gasteiger partial charge < -0.3 is 10.5 Å². The lowest BCUT2D eigenvalue weighted by Gasteiger charge is -2.08. The third-order valence-corrected chi connectivity index (χ3v) is 2.04. The summed E-state index contributed by atoms with van der Waals surface area (Å²) in [5.74, 6) is -1.15. The van der Waals surface area contributed by atoms with E-state index in [1.54, 1.807) is 18.2 Å². The number of carbonyl (C=O) groups excluding carboxylic acids is 2. The molecule has 2 N–H and O–H groups in total. The highest BCUT2D eigenvalue weighted by Crippen LogP contribution is 2.06. The van der Waals surface area contributed by atoms with Crippen LogP contribution in [-0.4, -0.2) is 24.9 Å². The lowest BCUT2D eigenvalue weighted by molar-refractivity contribution is -0.140. The first-order valence-corrected chi connectivity index (χ1v) is 4.50. The van der Waals surface area contributed by atoms with Crippen LogP contribution in [0.25, 0.3) is 0 Å². The summed E-state index contributed by atoms with van der Waals surface area (Å²) in [7, 11) is 1.20. The summed E-state index contributed by atoms with van der Waals surface area (Å²) in [5.41, 5.74) is 6.80. The minimum atomic E-state index is -1.24. The van der Waals surface area contributed by atoms with Crippen molar-refractivity contribution in [2.45, 2.75) is 13.0 Å². The predicted molar refractivity (Wildman–Crippen MR) is 62.7 cm³/mol. The Hall–Kier alpha value is -1.39. The summed E-state index contributed by atoms with van der Waals surface area (Å²) < 4.78 is 4.40. The van der Waals surface area contributed by atoms with Crippen LogP contribution < -0.4 is 5.73 Å². The summed E-state index contributed by atoms with van der Waals surface area (Å²) in [6.07, 6.45) is 0. The molecule has 1 rings (SSSR count). The molecule has 0 aliphatic carbocycles. The van der Waals surface area contributed by atoms with Crippen molar-refractivity contribution in [3.05, 3.63) is 35.4 Å². The topological polar surface area (TPSA) is 69.4 Å². The highest BCUT2D eigenvalue weighted by atomic mass is 35.5. The zero-order valence-corrected chi connectivity index (χ0v) is 9.91. The molecule has 0 spiro atoms. The molecular formula is C11H14ClNO3. The first-order chi connectivity index (χ1) is 7.06. The number of methoxy groups -OCH3 is 1. The van der Waals surface area contributed by atoms with Gasteiger partial charge in [-0.1, -0.05) is 23.8 Å². The van der Waals surface area contributed by atoms with Gasteiger partial charge in [0, 0.05) is 5.56 Å². The van der Waals surface area contributed by atoms with Crippen LogP contribution in [0.3, 0.4) is 0 Å². The highest BCUT2D eigenvalue weighted by Gasteiger charge is 2.23. The van der Waals surface area contributed by atoms with Gasteiger partial charge in [-0.15, -0.1) is 12.4 Å². The van der Waals surface area contributed by atoms with Gasteiger partial charge >= 0.3 is 5.97 Å². The van der Waals surface area contributed by atoms with E-state index in [0.717, 1.165) is 5.56 Å². The van der Waals surface area contributed by atoms with Crippen molar-refractivity contribution in [2.24, 2.45) is 5.73 Å². The number of ketones is 1. The molecule has 0 saturated heterocycles. The van der Waals surface area contributed by atoms with Crippen molar-refractivity contribution in [2.75, 3.05) is 7.11 Å². The number of Topliss-reactive ketones (excluding diaryl/α,β-unsaturated/α-hetero) is 1. The van der Waals surface area contributed by atoms with E-state index in [2.05, 4.69) is 4.74 Å². The second-order valence-corrected chi connectivity index (χ2v) is 3.23. The normalized spacial score (nSPS) is 11.2. The van der Waals surface area contributed by atoms with Gasteiger partial charge in [-0.05, 0) is 13.0 Å². The van der Waals surface area contributed by atoms with E-state index in [1.807, 2.05) is 13.0 Å². The maximum absolute atomic E-state index is 11.7. The van der Waals surface area contributed by atoms with Crippen molar-refractivity contribution < 1.29 is 14.3 Å².